The average Bonchev–Trinajstić information content (AvgIpc) is 2.54. The molecule has 0 saturated carbocycles. The van der Waals surface area contributed by atoms with Crippen LogP contribution in [0.25, 0.3) is 0 Å². The summed E-state index contributed by atoms with van der Waals surface area (Å²) in [7, 11) is 1.62. The highest BCUT2D eigenvalue weighted by Crippen LogP contribution is 2.27. The maximum absolute atomic E-state index is 9.26. The van der Waals surface area contributed by atoms with Gasteiger partial charge >= 0.3 is 0 Å². The summed E-state index contributed by atoms with van der Waals surface area (Å²) in [6, 6.07) is 15.1. The lowest BCUT2D eigenvalue weighted by Gasteiger charge is -2.10. The third kappa shape index (κ3) is 3.98. The highest BCUT2D eigenvalue weighted by molar-refractivity contribution is 5.47. The molecule has 108 valence electrons. The number of methoxy groups -OCH3 is 1. The van der Waals surface area contributed by atoms with Gasteiger partial charge < -0.3 is 14.8 Å². The molecule has 0 amide bonds. The summed E-state index contributed by atoms with van der Waals surface area (Å²) in [5, 5.41) is 12.5. The van der Waals surface area contributed by atoms with Gasteiger partial charge in [0.15, 0.2) is 0 Å². The molecule has 0 fully saturated rings. The molecular weight excluding hydrogens is 264 g/mol. The smallest absolute Gasteiger partial charge is 0.145 e. The van der Waals surface area contributed by atoms with Gasteiger partial charge in [0.2, 0.25) is 0 Å². The molecule has 0 heterocycles. The van der Waals surface area contributed by atoms with Crippen LogP contribution in [0.1, 0.15) is 18.1 Å². The van der Waals surface area contributed by atoms with E-state index in [9.17, 15) is 5.26 Å². The molecule has 2 rings (SSSR count). The van der Waals surface area contributed by atoms with Crippen molar-refractivity contribution in [2.24, 2.45) is 0 Å². The minimum Gasteiger partial charge on any atom is -0.497 e. The molecule has 21 heavy (non-hydrogen) atoms. The number of nitrogens with zero attached hydrogens (tertiary/aromatic N) is 1. The highest BCUT2D eigenvalue weighted by atomic mass is 16.5. The third-order valence-corrected chi connectivity index (χ3v) is 3.03. The Labute approximate surface area is 124 Å². The van der Waals surface area contributed by atoms with E-state index in [1.165, 1.54) is 0 Å². The summed E-state index contributed by atoms with van der Waals surface area (Å²) in [5.74, 6) is 2.00. The lowest BCUT2D eigenvalue weighted by atomic mass is 10.1. The van der Waals surface area contributed by atoms with Crippen LogP contribution in [0.15, 0.2) is 42.5 Å². The summed E-state index contributed by atoms with van der Waals surface area (Å²) in [6.45, 7) is 3.69. The molecule has 0 aliphatic rings. The molecule has 0 atom stereocenters. The van der Waals surface area contributed by atoms with E-state index >= 15 is 0 Å². The van der Waals surface area contributed by atoms with Gasteiger partial charge in [-0.2, -0.15) is 5.26 Å². The Morgan fingerprint density at radius 1 is 1.10 bits per heavy atom. The first-order valence-electron chi connectivity index (χ1n) is 6.82. The van der Waals surface area contributed by atoms with Gasteiger partial charge in [0.1, 0.15) is 23.3 Å². The molecule has 2 aromatic rings. The van der Waals surface area contributed by atoms with Crippen molar-refractivity contribution in [2.45, 2.75) is 13.5 Å². The summed E-state index contributed by atoms with van der Waals surface area (Å²) >= 11 is 0. The zero-order valence-corrected chi connectivity index (χ0v) is 12.2. The van der Waals surface area contributed by atoms with Gasteiger partial charge in [-0.25, -0.2) is 0 Å². The van der Waals surface area contributed by atoms with Crippen molar-refractivity contribution < 1.29 is 9.47 Å². The van der Waals surface area contributed by atoms with E-state index < -0.39 is 0 Å². The summed E-state index contributed by atoms with van der Waals surface area (Å²) < 4.78 is 10.9. The van der Waals surface area contributed by atoms with E-state index in [0.717, 1.165) is 24.4 Å². The number of ether oxygens (including phenoxy) is 2. The fourth-order valence-electron chi connectivity index (χ4n) is 1.90. The normalized spacial score (nSPS) is 9.95. The van der Waals surface area contributed by atoms with Crippen LogP contribution in [-0.2, 0) is 6.54 Å². The Balaban J connectivity index is 2.17. The minimum atomic E-state index is 0.529. The quantitative estimate of drug-likeness (QED) is 0.881. The molecule has 0 spiro atoms. The van der Waals surface area contributed by atoms with Gasteiger partial charge in [-0.1, -0.05) is 13.0 Å². The van der Waals surface area contributed by atoms with Crippen molar-refractivity contribution in [3.8, 4) is 23.3 Å². The Hall–Kier alpha value is -2.51. The van der Waals surface area contributed by atoms with Crippen LogP contribution in [-0.4, -0.2) is 13.7 Å². The fraction of sp³-hybridized carbons (Fsp3) is 0.235. The lowest BCUT2D eigenvalue weighted by Crippen LogP contribution is -2.11. The van der Waals surface area contributed by atoms with Gasteiger partial charge in [-0.05, 0) is 48.5 Å². The van der Waals surface area contributed by atoms with Crippen molar-refractivity contribution in [1.82, 2.24) is 5.32 Å². The number of nitrogens with one attached hydrogen (secondary N) is 1. The molecular formula is C17H18N2O2. The molecule has 0 unspecified atom stereocenters. The summed E-state index contributed by atoms with van der Waals surface area (Å²) in [4.78, 5) is 0. The Kier molecular flexibility index (Phi) is 5.19. The molecule has 4 heteroatoms. The van der Waals surface area contributed by atoms with Crippen molar-refractivity contribution in [3.63, 3.8) is 0 Å². The van der Waals surface area contributed by atoms with E-state index in [-0.39, 0.29) is 0 Å². The number of nitriles is 1. The minimum absolute atomic E-state index is 0.529. The monoisotopic (exact) mass is 282 g/mol. The van der Waals surface area contributed by atoms with Gasteiger partial charge in [0.05, 0.1) is 12.7 Å². The molecule has 1 N–H and O–H groups in total. The van der Waals surface area contributed by atoms with Crippen molar-refractivity contribution >= 4 is 0 Å². The number of rotatable bonds is 6. The first-order valence-corrected chi connectivity index (χ1v) is 6.82. The second kappa shape index (κ2) is 7.32. The number of hydrogen-bond donors (Lipinski definition) is 1. The van der Waals surface area contributed by atoms with E-state index in [1.807, 2.05) is 49.4 Å². The Bertz CT molecular complexity index is 630. The molecule has 0 aliphatic heterocycles. The van der Waals surface area contributed by atoms with Gasteiger partial charge in [-0.3, -0.25) is 0 Å². The molecule has 0 aliphatic carbocycles. The standard InChI is InChI=1S/C17H18N2O2/c1-3-19-12-13-4-9-17(14(10-13)11-18)21-16-7-5-15(20-2)6-8-16/h4-10,19H,3,12H2,1-2H3. The maximum atomic E-state index is 9.26. The SMILES string of the molecule is CCNCc1ccc(Oc2ccc(OC)cc2)c(C#N)c1. The van der Waals surface area contributed by atoms with Crippen molar-refractivity contribution in [1.29, 1.82) is 5.26 Å². The fourth-order valence-corrected chi connectivity index (χ4v) is 1.90. The van der Waals surface area contributed by atoms with Crippen LogP contribution < -0.4 is 14.8 Å². The Morgan fingerprint density at radius 2 is 1.81 bits per heavy atom. The topological polar surface area (TPSA) is 54.3 Å². The van der Waals surface area contributed by atoms with Crippen LogP contribution in [0.2, 0.25) is 0 Å². The molecule has 0 aromatic heterocycles. The second-order valence-electron chi connectivity index (χ2n) is 4.50. The zero-order chi connectivity index (χ0) is 15.1. The largest absolute Gasteiger partial charge is 0.497 e. The molecule has 0 saturated heterocycles. The molecule has 0 radical (unpaired) electrons. The van der Waals surface area contributed by atoms with Crippen molar-refractivity contribution in [2.75, 3.05) is 13.7 Å². The molecule has 0 bridgehead atoms. The zero-order valence-electron chi connectivity index (χ0n) is 12.2. The van der Waals surface area contributed by atoms with Gasteiger partial charge in [0, 0.05) is 6.54 Å². The van der Waals surface area contributed by atoms with Crippen LogP contribution in [0, 0.1) is 11.3 Å². The van der Waals surface area contributed by atoms with Crippen LogP contribution in [0.5, 0.6) is 17.2 Å². The summed E-state index contributed by atoms with van der Waals surface area (Å²) in [6.07, 6.45) is 0. The third-order valence-electron chi connectivity index (χ3n) is 3.03. The Morgan fingerprint density at radius 3 is 2.43 bits per heavy atom. The van der Waals surface area contributed by atoms with Crippen molar-refractivity contribution in [3.05, 3.63) is 53.6 Å². The first kappa shape index (κ1) is 14.9. The van der Waals surface area contributed by atoms with E-state index in [0.29, 0.717) is 17.1 Å². The summed E-state index contributed by atoms with van der Waals surface area (Å²) in [5.41, 5.74) is 1.59. The van der Waals surface area contributed by atoms with Gasteiger partial charge in [0.25, 0.3) is 0 Å². The van der Waals surface area contributed by atoms with E-state index in [2.05, 4.69) is 11.4 Å². The number of hydrogen-bond acceptors (Lipinski definition) is 4. The van der Waals surface area contributed by atoms with E-state index in [4.69, 9.17) is 9.47 Å². The predicted molar refractivity (Wildman–Crippen MR) is 81.6 cm³/mol. The predicted octanol–water partition coefficient (Wildman–Crippen LogP) is 3.47. The van der Waals surface area contributed by atoms with E-state index in [1.54, 1.807) is 7.11 Å². The molecule has 4 nitrogen and oxygen atoms in total. The van der Waals surface area contributed by atoms with Crippen LogP contribution in [0.3, 0.4) is 0 Å². The van der Waals surface area contributed by atoms with Gasteiger partial charge in [-0.15, -0.1) is 0 Å². The maximum Gasteiger partial charge on any atom is 0.145 e. The second-order valence-corrected chi connectivity index (χ2v) is 4.50. The average molecular weight is 282 g/mol. The lowest BCUT2D eigenvalue weighted by molar-refractivity contribution is 0.413. The van der Waals surface area contributed by atoms with Crippen LogP contribution >= 0.6 is 0 Å². The van der Waals surface area contributed by atoms with Crippen LogP contribution in [0.4, 0.5) is 0 Å². The molecule has 2 aromatic carbocycles. The first-order chi connectivity index (χ1) is 10.3. The number of benzene rings is 2. The highest BCUT2D eigenvalue weighted by Gasteiger charge is 2.06.